The van der Waals surface area contributed by atoms with E-state index in [9.17, 15) is 17.6 Å². The van der Waals surface area contributed by atoms with Gasteiger partial charge in [0.15, 0.2) is 0 Å². The summed E-state index contributed by atoms with van der Waals surface area (Å²) in [5, 5.41) is 8.95. The van der Waals surface area contributed by atoms with Crippen molar-refractivity contribution in [1.29, 1.82) is 0 Å². The average Bonchev–Trinajstić information content (AvgIpc) is 3.07. The molecule has 0 unspecified atom stereocenters. The lowest BCUT2D eigenvalue weighted by atomic mass is 10.2. The molecule has 0 bridgehead atoms. The van der Waals surface area contributed by atoms with Gasteiger partial charge in [-0.15, -0.1) is 0 Å². The van der Waals surface area contributed by atoms with Crippen LogP contribution in [0.4, 0.5) is 10.1 Å². The molecule has 0 heterocycles. The summed E-state index contributed by atoms with van der Waals surface area (Å²) in [5.41, 5.74) is -0.423. The lowest BCUT2D eigenvalue weighted by molar-refractivity contribution is 0.0691. The highest BCUT2D eigenvalue weighted by atomic mass is 32.2. The number of ether oxygens (including phenoxy) is 1. The van der Waals surface area contributed by atoms with Gasteiger partial charge in [0.05, 0.1) is 22.3 Å². The summed E-state index contributed by atoms with van der Waals surface area (Å²) in [6, 6.07) is 9.16. The van der Waals surface area contributed by atoms with E-state index in [-0.39, 0.29) is 16.7 Å². The van der Waals surface area contributed by atoms with Gasteiger partial charge in [0.2, 0.25) is 0 Å². The third-order valence-electron chi connectivity index (χ3n) is 4.17. The molecular weight excluding hydrogens is 361 g/mol. The zero-order valence-corrected chi connectivity index (χ0v) is 14.6. The first-order valence-electron chi connectivity index (χ1n) is 8.17. The van der Waals surface area contributed by atoms with E-state index < -0.39 is 27.4 Å². The third-order valence-corrected chi connectivity index (χ3v) is 5.55. The van der Waals surface area contributed by atoms with Crippen molar-refractivity contribution in [3.63, 3.8) is 0 Å². The summed E-state index contributed by atoms with van der Waals surface area (Å²) < 4.78 is 46.6. The fourth-order valence-electron chi connectivity index (χ4n) is 2.88. The Morgan fingerprint density at radius 3 is 2.58 bits per heavy atom. The maximum atomic E-state index is 13.5. The van der Waals surface area contributed by atoms with Gasteiger partial charge in [-0.25, -0.2) is 17.6 Å². The number of hydrogen-bond donors (Lipinski definition) is 2. The smallest absolute Gasteiger partial charge is 0.338 e. The number of carboxylic acid groups (broad SMARTS) is 1. The summed E-state index contributed by atoms with van der Waals surface area (Å²) in [6.45, 7) is 0. The highest BCUT2D eigenvalue weighted by Crippen LogP contribution is 2.27. The number of rotatable bonds is 6. The van der Waals surface area contributed by atoms with Crippen LogP contribution in [0.15, 0.2) is 47.4 Å². The van der Waals surface area contributed by atoms with Crippen LogP contribution in [0.25, 0.3) is 0 Å². The largest absolute Gasteiger partial charge is 0.490 e. The number of halogens is 1. The number of benzene rings is 2. The van der Waals surface area contributed by atoms with E-state index in [1.807, 2.05) is 0 Å². The van der Waals surface area contributed by atoms with Gasteiger partial charge in [-0.05, 0) is 56.0 Å². The van der Waals surface area contributed by atoms with Crippen LogP contribution in [0.1, 0.15) is 36.0 Å². The zero-order valence-electron chi connectivity index (χ0n) is 13.8. The third kappa shape index (κ3) is 4.13. The van der Waals surface area contributed by atoms with Crippen LogP contribution in [-0.2, 0) is 10.0 Å². The predicted molar refractivity (Wildman–Crippen MR) is 93.5 cm³/mol. The minimum Gasteiger partial charge on any atom is -0.490 e. The van der Waals surface area contributed by atoms with E-state index in [0.717, 1.165) is 43.9 Å². The monoisotopic (exact) mass is 379 g/mol. The Bertz CT molecular complexity index is 923. The molecule has 8 heteroatoms. The minimum absolute atomic E-state index is 0.136. The molecule has 1 aliphatic carbocycles. The predicted octanol–water partition coefficient (Wildman–Crippen LogP) is 3.65. The molecule has 26 heavy (non-hydrogen) atoms. The highest BCUT2D eigenvalue weighted by Gasteiger charge is 2.20. The summed E-state index contributed by atoms with van der Waals surface area (Å²) in [6.07, 6.45) is 4.32. The standard InChI is InChI=1S/C18H18FNO5S/c19-17-9-8-15(11-16(17)18(21)22)26(23,24)20-12-4-3-7-14(10-12)25-13-5-1-2-6-13/h3-4,7-11,13,20H,1-2,5-6H2,(H,21,22). The maximum absolute atomic E-state index is 13.5. The number of carboxylic acids is 1. The van der Waals surface area contributed by atoms with Crippen LogP contribution in [0.2, 0.25) is 0 Å². The lowest BCUT2D eigenvalue weighted by Crippen LogP contribution is -2.15. The molecule has 0 spiro atoms. The van der Waals surface area contributed by atoms with E-state index in [1.165, 1.54) is 0 Å². The molecule has 138 valence electrons. The van der Waals surface area contributed by atoms with E-state index in [4.69, 9.17) is 9.84 Å². The van der Waals surface area contributed by atoms with E-state index in [0.29, 0.717) is 5.75 Å². The normalized spacial score (nSPS) is 15.0. The molecular formula is C18H18FNO5S. The molecule has 0 amide bonds. The lowest BCUT2D eigenvalue weighted by Gasteiger charge is -2.14. The van der Waals surface area contributed by atoms with Crippen molar-refractivity contribution in [3.05, 3.63) is 53.8 Å². The number of hydrogen-bond acceptors (Lipinski definition) is 4. The number of aromatic carboxylic acids is 1. The first-order valence-corrected chi connectivity index (χ1v) is 9.66. The van der Waals surface area contributed by atoms with Crippen molar-refractivity contribution in [2.24, 2.45) is 0 Å². The van der Waals surface area contributed by atoms with Gasteiger partial charge < -0.3 is 9.84 Å². The molecule has 2 aromatic carbocycles. The van der Waals surface area contributed by atoms with Gasteiger partial charge in [0.25, 0.3) is 10.0 Å². The molecule has 1 aliphatic rings. The first kappa shape index (κ1) is 18.2. The Labute approximate surface area is 150 Å². The second kappa shape index (κ2) is 7.33. The molecule has 0 atom stereocenters. The summed E-state index contributed by atoms with van der Waals surface area (Å²) >= 11 is 0. The van der Waals surface area contributed by atoms with Crippen molar-refractivity contribution in [3.8, 4) is 5.75 Å². The molecule has 2 N–H and O–H groups in total. The Hall–Kier alpha value is -2.61. The molecule has 0 aliphatic heterocycles. The fraction of sp³-hybridized carbons (Fsp3) is 0.278. The maximum Gasteiger partial charge on any atom is 0.338 e. The number of nitrogens with one attached hydrogen (secondary N) is 1. The second-order valence-electron chi connectivity index (χ2n) is 6.10. The number of sulfonamides is 1. The summed E-state index contributed by atoms with van der Waals surface area (Å²) in [4.78, 5) is 10.7. The average molecular weight is 379 g/mol. The SMILES string of the molecule is O=C(O)c1cc(S(=O)(=O)Nc2cccc(OC3CCCC3)c2)ccc1F. The molecule has 0 saturated heterocycles. The Morgan fingerprint density at radius 1 is 1.15 bits per heavy atom. The summed E-state index contributed by atoms with van der Waals surface area (Å²) in [7, 11) is -4.07. The van der Waals surface area contributed by atoms with Gasteiger partial charge in [-0.3, -0.25) is 4.72 Å². The van der Waals surface area contributed by atoms with Gasteiger partial charge in [0.1, 0.15) is 11.6 Å². The van der Waals surface area contributed by atoms with E-state index in [1.54, 1.807) is 24.3 Å². The van der Waals surface area contributed by atoms with Gasteiger partial charge in [-0.2, -0.15) is 0 Å². The Balaban J connectivity index is 1.81. The van der Waals surface area contributed by atoms with Crippen molar-refractivity contribution < 1.29 is 27.4 Å². The number of anilines is 1. The topological polar surface area (TPSA) is 92.7 Å². The molecule has 1 fully saturated rings. The van der Waals surface area contributed by atoms with Crippen molar-refractivity contribution in [2.75, 3.05) is 4.72 Å². The molecule has 3 rings (SSSR count). The molecule has 2 aromatic rings. The first-order chi connectivity index (χ1) is 12.3. The molecule has 1 saturated carbocycles. The molecule has 0 aromatic heterocycles. The van der Waals surface area contributed by atoms with Gasteiger partial charge in [0, 0.05) is 6.07 Å². The summed E-state index contributed by atoms with van der Waals surface area (Å²) in [5.74, 6) is -1.97. The van der Waals surface area contributed by atoms with Crippen molar-refractivity contribution >= 4 is 21.7 Å². The zero-order chi connectivity index (χ0) is 18.7. The van der Waals surface area contributed by atoms with Crippen molar-refractivity contribution in [1.82, 2.24) is 0 Å². The molecule has 0 radical (unpaired) electrons. The highest BCUT2D eigenvalue weighted by molar-refractivity contribution is 7.92. The number of carbonyl (C=O) groups is 1. The Kier molecular flexibility index (Phi) is 5.13. The second-order valence-corrected chi connectivity index (χ2v) is 7.79. The minimum atomic E-state index is -4.07. The van der Waals surface area contributed by atoms with Gasteiger partial charge in [-0.1, -0.05) is 6.07 Å². The molecule has 6 nitrogen and oxygen atoms in total. The van der Waals surface area contributed by atoms with Crippen LogP contribution in [0, 0.1) is 5.82 Å². The Morgan fingerprint density at radius 2 is 1.88 bits per heavy atom. The van der Waals surface area contributed by atoms with Crippen LogP contribution in [0.5, 0.6) is 5.75 Å². The van der Waals surface area contributed by atoms with E-state index >= 15 is 0 Å². The van der Waals surface area contributed by atoms with Gasteiger partial charge >= 0.3 is 5.97 Å². The van der Waals surface area contributed by atoms with Crippen LogP contribution >= 0.6 is 0 Å². The van der Waals surface area contributed by atoms with Crippen LogP contribution in [-0.4, -0.2) is 25.6 Å². The quantitative estimate of drug-likeness (QED) is 0.799. The van der Waals surface area contributed by atoms with E-state index in [2.05, 4.69) is 4.72 Å². The van der Waals surface area contributed by atoms with Crippen LogP contribution < -0.4 is 9.46 Å². The van der Waals surface area contributed by atoms with Crippen molar-refractivity contribution in [2.45, 2.75) is 36.7 Å². The van der Waals surface area contributed by atoms with Crippen LogP contribution in [0.3, 0.4) is 0 Å². The fourth-order valence-corrected chi connectivity index (χ4v) is 3.96.